The van der Waals surface area contributed by atoms with Gasteiger partial charge >= 0.3 is 0 Å². The van der Waals surface area contributed by atoms with Gasteiger partial charge in [-0.05, 0) is 6.92 Å². The van der Waals surface area contributed by atoms with Crippen LogP contribution in [0.25, 0.3) is 0 Å². The first-order valence-electron chi connectivity index (χ1n) is 2.39. The number of amidine groups is 1. The van der Waals surface area contributed by atoms with Gasteiger partial charge in [-0.2, -0.15) is 9.49 Å². The number of halogens is 1. The minimum atomic E-state index is -1.13. The Morgan fingerprint density at radius 1 is 1.88 bits per heavy atom. The number of hydrogen-bond acceptors (Lipinski definition) is 3. The van der Waals surface area contributed by atoms with Crippen LogP contribution in [0.15, 0.2) is 5.10 Å². The highest BCUT2D eigenvalue weighted by Gasteiger charge is 2.16. The van der Waals surface area contributed by atoms with Crippen LogP contribution in [0, 0.1) is 0 Å². The highest BCUT2D eigenvalue weighted by atomic mass is 19.1. The fourth-order valence-corrected chi connectivity index (χ4v) is 0.582. The van der Waals surface area contributed by atoms with Gasteiger partial charge in [0.2, 0.25) is 0 Å². The monoisotopic (exact) mass is 117 g/mol. The van der Waals surface area contributed by atoms with E-state index in [1.807, 2.05) is 0 Å². The van der Waals surface area contributed by atoms with Crippen LogP contribution in [0.5, 0.6) is 0 Å². The van der Waals surface area contributed by atoms with Crippen molar-refractivity contribution < 1.29 is 4.39 Å². The Morgan fingerprint density at radius 3 is 2.62 bits per heavy atom. The summed E-state index contributed by atoms with van der Waals surface area (Å²) in [6.07, 6.45) is -1.13. The van der Waals surface area contributed by atoms with Gasteiger partial charge in [0.05, 0.1) is 0 Å². The Labute approximate surface area is 47.2 Å². The fraction of sp³-hybridized carbons (Fsp3) is 0.750. The van der Waals surface area contributed by atoms with Crippen LogP contribution in [0.2, 0.25) is 0 Å². The topological polar surface area (TPSA) is 27.6 Å². The lowest BCUT2D eigenvalue weighted by molar-refractivity contribution is 0.121. The van der Waals surface area contributed by atoms with E-state index in [0.717, 1.165) is 0 Å². The molecule has 0 saturated heterocycles. The third-order valence-electron chi connectivity index (χ3n) is 0.964. The molecule has 3 nitrogen and oxygen atoms in total. The largest absolute Gasteiger partial charge is 0.325 e. The lowest BCUT2D eigenvalue weighted by Crippen LogP contribution is -2.30. The quantitative estimate of drug-likeness (QED) is 0.456. The van der Waals surface area contributed by atoms with Gasteiger partial charge in [-0.15, -0.1) is 0 Å². The van der Waals surface area contributed by atoms with Crippen molar-refractivity contribution in [3.05, 3.63) is 0 Å². The summed E-state index contributed by atoms with van der Waals surface area (Å²) in [5, 5.41) is 7.44. The Kier molecular flexibility index (Phi) is 1.08. The van der Waals surface area contributed by atoms with Crippen LogP contribution in [0.4, 0.5) is 4.39 Å². The SMILES string of the molecule is CC1=NN(C)C(F)N1. The van der Waals surface area contributed by atoms with Crippen LogP contribution in [0.3, 0.4) is 0 Å². The summed E-state index contributed by atoms with van der Waals surface area (Å²) in [7, 11) is 1.58. The van der Waals surface area contributed by atoms with Crippen LogP contribution < -0.4 is 5.32 Å². The maximum absolute atomic E-state index is 12.3. The lowest BCUT2D eigenvalue weighted by atomic mass is 10.7. The van der Waals surface area contributed by atoms with Crippen molar-refractivity contribution in [2.24, 2.45) is 5.10 Å². The van der Waals surface area contributed by atoms with Gasteiger partial charge in [0.1, 0.15) is 5.84 Å². The van der Waals surface area contributed by atoms with Crippen molar-refractivity contribution in [2.75, 3.05) is 7.05 Å². The fourth-order valence-electron chi connectivity index (χ4n) is 0.582. The van der Waals surface area contributed by atoms with Crippen LogP contribution in [0.1, 0.15) is 6.92 Å². The molecule has 0 spiro atoms. The average molecular weight is 117 g/mol. The molecule has 4 heteroatoms. The highest BCUT2D eigenvalue weighted by molar-refractivity contribution is 5.80. The first-order valence-corrected chi connectivity index (χ1v) is 2.39. The molecule has 1 unspecified atom stereocenters. The number of nitrogens with one attached hydrogen (secondary N) is 1. The molecule has 0 aliphatic carbocycles. The van der Waals surface area contributed by atoms with Crippen molar-refractivity contribution >= 4 is 5.84 Å². The van der Waals surface area contributed by atoms with Gasteiger partial charge in [0.15, 0.2) is 0 Å². The predicted octanol–water partition coefficient (Wildman–Crippen LogP) is 0.108. The van der Waals surface area contributed by atoms with Gasteiger partial charge in [-0.25, -0.2) is 5.01 Å². The molecule has 0 aromatic carbocycles. The molecule has 1 heterocycles. The zero-order valence-corrected chi connectivity index (χ0v) is 4.85. The van der Waals surface area contributed by atoms with Gasteiger partial charge in [-0.1, -0.05) is 0 Å². The van der Waals surface area contributed by atoms with Gasteiger partial charge in [0.25, 0.3) is 6.42 Å². The molecule has 0 aromatic heterocycles. The summed E-state index contributed by atoms with van der Waals surface area (Å²) >= 11 is 0. The molecular formula is C4H8FN3. The van der Waals surface area contributed by atoms with E-state index in [-0.39, 0.29) is 0 Å². The Bertz CT molecular complexity index is 122. The van der Waals surface area contributed by atoms with Crippen molar-refractivity contribution in [3.63, 3.8) is 0 Å². The number of nitrogens with zero attached hydrogens (tertiary/aromatic N) is 2. The maximum Gasteiger partial charge on any atom is 0.262 e. The zero-order valence-electron chi connectivity index (χ0n) is 4.85. The second-order valence-electron chi connectivity index (χ2n) is 1.74. The molecule has 0 bridgehead atoms. The van der Waals surface area contributed by atoms with Crippen molar-refractivity contribution in [2.45, 2.75) is 13.3 Å². The molecule has 0 saturated carbocycles. The molecule has 0 aromatic rings. The van der Waals surface area contributed by atoms with Gasteiger partial charge in [-0.3, -0.25) is 0 Å². The van der Waals surface area contributed by atoms with E-state index in [1.165, 1.54) is 5.01 Å². The summed E-state index contributed by atoms with van der Waals surface area (Å²) in [6.45, 7) is 1.72. The predicted molar refractivity (Wildman–Crippen MR) is 28.9 cm³/mol. The van der Waals surface area contributed by atoms with Gasteiger partial charge < -0.3 is 5.32 Å². The second kappa shape index (κ2) is 1.61. The molecule has 0 amide bonds. The average Bonchev–Trinajstić information content (AvgIpc) is 1.85. The standard InChI is InChI=1S/C4H8FN3/c1-3-6-4(5)8(2)7-3/h4H,1-2H3,(H,6,7). The van der Waals surface area contributed by atoms with E-state index >= 15 is 0 Å². The summed E-state index contributed by atoms with van der Waals surface area (Å²) in [6, 6.07) is 0. The number of alkyl halides is 1. The second-order valence-corrected chi connectivity index (χ2v) is 1.74. The summed E-state index contributed by atoms with van der Waals surface area (Å²) in [5.74, 6) is 0.625. The highest BCUT2D eigenvalue weighted by Crippen LogP contribution is 2.01. The molecule has 1 aliphatic rings. The number of hydrazone groups is 1. The maximum atomic E-state index is 12.3. The first-order chi connectivity index (χ1) is 3.70. The van der Waals surface area contributed by atoms with E-state index in [0.29, 0.717) is 5.84 Å². The van der Waals surface area contributed by atoms with Crippen molar-refractivity contribution in [1.82, 2.24) is 10.3 Å². The van der Waals surface area contributed by atoms with E-state index in [2.05, 4.69) is 10.4 Å². The van der Waals surface area contributed by atoms with Crippen LogP contribution in [-0.4, -0.2) is 24.3 Å². The van der Waals surface area contributed by atoms with E-state index in [4.69, 9.17) is 0 Å². The van der Waals surface area contributed by atoms with Crippen molar-refractivity contribution in [3.8, 4) is 0 Å². The Hall–Kier alpha value is -0.800. The van der Waals surface area contributed by atoms with Gasteiger partial charge in [0, 0.05) is 7.05 Å². The molecule has 0 radical (unpaired) electrons. The smallest absolute Gasteiger partial charge is 0.262 e. The normalized spacial score (nSPS) is 27.6. The first kappa shape index (κ1) is 5.34. The molecule has 8 heavy (non-hydrogen) atoms. The van der Waals surface area contributed by atoms with E-state index in [1.54, 1.807) is 14.0 Å². The van der Waals surface area contributed by atoms with Crippen molar-refractivity contribution in [1.29, 1.82) is 0 Å². The molecule has 1 aliphatic heterocycles. The molecule has 1 rings (SSSR count). The van der Waals surface area contributed by atoms with E-state index < -0.39 is 6.42 Å². The number of hydrogen-bond donors (Lipinski definition) is 1. The van der Waals surface area contributed by atoms with E-state index in [9.17, 15) is 4.39 Å². The molecule has 46 valence electrons. The Balaban J connectivity index is 2.56. The molecule has 0 fully saturated rings. The molecule has 1 atom stereocenters. The summed E-state index contributed by atoms with van der Waals surface area (Å²) in [4.78, 5) is 0. The minimum Gasteiger partial charge on any atom is -0.325 e. The minimum absolute atomic E-state index is 0.625. The zero-order chi connectivity index (χ0) is 6.15. The Morgan fingerprint density at radius 2 is 2.50 bits per heavy atom. The molecular weight excluding hydrogens is 109 g/mol. The van der Waals surface area contributed by atoms with Crippen LogP contribution >= 0.6 is 0 Å². The lowest BCUT2D eigenvalue weighted by Gasteiger charge is -2.07. The third-order valence-corrected chi connectivity index (χ3v) is 0.964. The number of rotatable bonds is 0. The molecule has 1 N–H and O–H groups in total. The summed E-state index contributed by atoms with van der Waals surface area (Å²) < 4.78 is 12.3. The summed E-state index contributed by atoms with van der Waals surface area (Å²) in [5.41, 5.74) is 0. The third kappa shape index (κ3) is 0.731. The van der Waals surface area contributed by atoms with Crippen LogP contribution in [-0.2, 0) is 0 Å².